The summed E-state index contributed by atoms with van der Waals surface area (Å²) in [6, 6.07) is 11.1. The fraction of sp³-hybridized carbons (Fsp3) is 0.500. The Bertz CT molecular complexity index is 952. The Kier molecular flexibility index (Phi) is 5.98. The molecule has 1 atom stereocenters. The van der Waals surface area contributed by atoms with Crippen LogP contribution in [0.5, 0.6) is 0 Å². The summed E-state index contributed by atoms with van der Waals surface area (Å²) in [7, 11) is -3.06. The molecule has 0 radical (unpaired) electrons. The van der Waals surface area contributed by atoms with E-state index in [0.717, 1.165) is 44.1 Å². The molecule has 1 N–H and O–H groups in total. The second-order valence-electron chi connectivity index (χ2n) is 7.49. The summed E-state index contributed by atoms with van der Waals surface area (Å²) in [5.41, 5.74) is 2.00. The monoisotopic (exact) mass is 418 g/mol. The molecule has 0 bridgehead atoms. The number of amides is 1. The van der Waals surface area contributed by atoms with E-state index in [1.54, 1.807) is 10.7 Å². The lowest BCUT2D eigenvalue weighted by atomic mass is 10.1. The SMILES string of the molecule is O=C(NCCN1CCOCC1)c1cc(-c2ccccc2)n(C2CCS(=O)(=O)C2)n1. The Morgan fingerprint density at radius 2 is 1.97 bits per heavy atom. The molecule has 29 heavy (non-hydrogen) atoms. The fourth-order valence-electron chi connectivity index (χ4n) is 3.82. The largest absolute Gasteiger partial charge is 0.379 e. The first kappa shape index (κ1) is 20.1. The molecule has 0 spiro atoms. The number of morpholine rings is 1. The van der Waals surface area contributed by atoms with Crippen LogP contribution in [-0.4, -0.2) is 79.9 Å². The third-order valence-corrected chi connectivity index (χ3v) is 7.16. The number of rotatable bonds is 6. The van der Waals surface area contributed by atoms with Crippen LogP contribution >= 0.6 is 0 Å². The number of carbonyl (C=O) groups excluding carboxylic acids is 1. The molecule has 1 amide bonds. The zero-order valence-corrected chi connectivity index (χ0v) is 17.1. The van der Waals surface area contributed by atoms with Gasteiger partial charge in [-0.3, -0.25) is 14.4 Å². The summed E-state index contributed by atoms with van der Waals surface area (Å²) >= 11 is 0. The molecule has 2 aromatic rings. The van der Waals surface area contributed by atoms with E-state index in [-0.39, 0.29) is 23.5 Å². The van der Waals surface area contributed by atoms with Crippen LogP contribution in [0.3, 0.4) is 0 Å². The molecule has 2 fully saturated rings. The average molecular weight is 419 g/mol. The third-order valence-electron chi connectivity index (χ3n) is 5.41. The molecule has 4 rings (SSSR count). The third kappa shape index (κ3) is 4.85. The van der Waals surface area contributed by atoms with Gasteiger partial charge in [-0.05, 0) is 18.1 Å². The maximum atomic E-state index is 12.7. The van der Waals surface area contributed by atoms with E-state index < -0.39 is 9.84 Å². The summed E-state index contributed by atoms with van der Waals surface area (Å²) in [6.45, 7) is 4.50. The fourth-order valence-corrected chi connectivity index (χ4v) is 5.51. The van der Waals surface area contributed by atoms with Gasteiger partial charge < -0.3 is 10.1 Å². The summed E-state index contributed by atoms with van der Waals surface area (Å²) in [5, 5.41) is 7.44. The second kappa shape index (κ2) is 8.64. The molecule has 9 heteroatoms. The Balaban J connectivity index is 1.50. The Morgan fingerprint density at radius 1 is 1.21 bits per heavy atom. The molecule has 3 heterocycles. The van der Waals surface area contributed by atoms with Gasteiger partial charge in [0.2, 0.25) is 0 Å². The van der Waals surface area contributed by atoms with Crippen LogP contribution in [0.4, 0.5) is 0 Å². The van der Waals surface area contributed by atoms with Crippen LogP contribution < -0.4 is 5.32 Å². The second-order valence-corrected chi connectivity index (χ2v) is 9.72. The van der Waals surface area contributed by atoms with Crippen molar-refractivity contribution in [2.75, 3.05) is 50.9 Å². The Morgan fingerprint density at radius 3 is 2.66 bits per heavy atom. The van der Waals surface area contributed by atoms with Crippen LogP contribution in [0.1, 0.15) is 23.0 Å². The molecule has 2 aliphatic rings. The van der Waals surface area contributed by atoms with Gasteiger partial charge in [0.05, 0.1) is 36.5 Å². The van der Waals surface area contributed by atoms with Gasteiger partial charge in [-0.1, -0.05) is 30.3 Å². The van der Waals surface area contributed by atoms with E-state index in [4.69, 9.17) is 4.74 Å². The number of ether oxygens (including phenoxy) is 1. The molecule has 1 aromatic carbocycles. The van der Waals surface area contributed by atoms with Crippen LogP contribution in [-0.2, 0) is 14.6 Å². The molecule has 2 saturated heterocycles. The summed E-state index contributed by atoms with van der Waals surface area (Å²) < 4.78 is 31.0. The number of hydrogen-bond acceptors (Lipinski definition) is 6. The molecular weight excluding hydrogens is 392 g/mol. The van der Waals surface area contributed by atoms with Gasteiger partial charge in [-0.15, -0.1) is 0 Å². The van der Waals surface area contributed by atoms with E-state index >= 15 is 0 Å². The maximum absolute atomic E-state index is 12.7. The summed E-state index contributed by atoms with van der Waals surface area (Å²) in [5.74, 6) is -0.0190. The van der Waals surface area contributed by atoms with Crippen molar-refractivity contribution < 1.29 is 17.9 Å². The van der Waals surface area contributed by atoms with Crippen molar-refractivity contribution in [3.8, 4) is 11.3 Å². The first-order valence-corrected chi connectivity index (χ1v) is 11.8. The lowest BCUT2D eigenvalue weighted by Gasteiger charge is -2.26. The number of aromatic nitrogens is 2. The summed E-state index contributed by atoms with van der Waals surface area (Å²) in [4.78, 5) is 14.9. The zero-order valence-electron chi connectivity index (χ0n) is 16.3. The van der Waals surface area contributed by atoms with Gasteiger partial charge in [0.15, 0.2) is 15.5 Å². The molecule has 1 aromatic heterocycles. The van der Waals surface area contributed by atoms with Gasteiger partial charge in [-0.2, -0.15) is 5.10 Å². The minimum atomic E-state index is -3.06. The van der Waals surface area contributed by atoms with Crippen LogP contribution in [0, 0.1) is 0 Å². The lowest BCUT2D eigenvalue weighted by Crippen LogP contribution is -2.41. The van der Waals surface area contributed by atoms with E-state index in [1.807, 2.05) is 30.3 Å². The highest BCUT2D eigenvalue weighted by Gasteiger charge is 2.32. The Labute approximate surface area is 170 Å². The quantitative estimate of drug-likeness (QED) is 0.752. The van der Waals surface area contributed by atoms with Crippen molar-refractivity contribution in [1.82, 2.24) is 20.0 Å². The van der Waals surface area contributed by atoms with Crippen molar-refractivity contribution in [2.45, 2.75) is 12.5 Å². The predicted octanol–water partition coefficient (Wildman–Crippen LogP) is 0.972. The number of sulfone groups is 1. The molecule has 156 valence electrons. The topological polar surface area (TPSA) is 93.5 Å². The highest BCUT2D eigenvalue weighted by molar-refractivity contribution is 7.91. The number of hydrogen-bond donors (Lipinski definition) is 1. The maximum Gasteiger partial charge on any atom is 0.271 e. The smallest absolute Gasteiger partial charge is 0.271 e. The number of benzene rings is 1. The minimum Gasteiger partial charge on any atom is -0.379 e. The van der Waals surface area contributed by atoms with Crippen LogP contribution in [0.15, 0.2) is 36.4 Å². The van der Waals surface area contributed by atoms with Crippen molar-refractivity contribution in [2.24, 2.45) is 0 Å². The number of nitrogens with one attached hydrogen (secondary N) is 1. The first-order chi connectivity index (χ1) is 14.0. The van der Waals surface area contributed by atoms with Gasteiger partial charge >= 0.3 is 0 Å². The minimum absolute atomic E-state index is 0.0621. The number of nitrogens with zero attached hydrogens (tertiary/aromatic N) is 3. The van der Waals surface area contributed by atoms with Crippen molar-refractivity contribution >= 4 is 15.7 Å². The molecule has 0 saturated carbocycles. The van der Waals surface area contributed by atoms with Gasteiger partial charge in [0, 0.05) is 26.2 Å². The van der Waals surface area contributed by atoms with E-state index in [0.29, 0.717) is 18.7 Å². The molecule has 1 unspecified atom stereocenters. The zero-order chi connectivity index (χ0) is 20.3. The van der Waals surface area contributed by atoms with Gasteiger partial charge in [0.25, 0.3) is 5.91 Å². The highest BCUT2D eigenvalue weighted by atomic mass is 32.2. The van der Waals surface area contributed by atoms with Crippen LogP contribution in [0.2, 0.25) is 0 Å². The van der Waals surface area contributed by atoms with Crippen LogP contribution in [0.25, 0.3) is 11.3 Å². The Hall–Kier alpha value is -2.23. The molecule has 8 nitrogen and oxygen atoms in total. The van der Waals surface area contributed by atoms with E-state index in [9.17, 15) is 13.2 Å². The molecule has 0 aliphatic carbocycles. The van der Waals surface area contributed by atoms with E-state index in [1.165, 1.54) is 0 Å². The normalized spacial score (nSPS) is 21.9. The standard InChI is InChI=1S/C20H26N4O4S/c25-20(21-7-8-23-9-11-28-12-10-23)18-14-19(16-4-2-1-3-5-16)24(22-18)17-6-13-29(26,27)15-17/h1-5,14,17H,6-13,15H2,(H,21,25). The first-order valence-electron chi connectivity index (χ1n) is 9.95. The highest BCUT2D eigenvalue weighted by Crippen LogP contribution is 2.30. The number of carbonyl (C=O) groups is 1. The molecular formula is C20H26N4O4S. The lowest BCUT2D eigenvalue weighted by molar-refractivity contribution is 0.0383. The van der Waals surface area contributed by atoms with Crippen molar-refractivity contribution in [1.29, 1.82) is 0 Å². The molecule has 2 aliphatic heterocycles. The van der Waals surface area contributed by atoms with Crippen molar-refractivity contribution in [3.63, 3.8) is 0 Å². The van der Waals surface area contributed by atoms with Crippen molar-refractivity contribution in [3.05, 3.63) is 42.1 Å². The van der Waals surface area contributed by atoms with E-state index in [2.05, 4.69) is 15.3 Å². The average Bonchev–Trinajstić information content (AvgIpc) is 3.33. The summed E-state index contributed by atoms with van der Waals surface area (Å²) in [6.07, 6.45) is 0.516. The van der Waals surface area contributed by atoms with Gasteiger partial charge in [-0.25, -0.2) is 8.42 Å². The van der Waals surface area contributed by atoms with Gasteiger partial charge in [0.1, 0.15) is 0 Å². The predicted molar refractivity (Wildman–Crippen MR) is 110 cm³/mol.